The van der Waals surface area contributed by atoms with E-state index in [0.29, 0.717) is 6.42 Å². The summed E-state index contributed by atoms with van der Waals surface area (Å²) in [7, 11) is 0. The molecule has 1 amide bonds. The van der Waals surface area contributed by atoms with Gasteiger partial charge in [-0.2, -0.15) is 0 Å². The molecule has 2 aromatic rings. The number of amides is 1. The fraction of sp³-hybridized carbons (Fsp3) is 0.188. The minimum Gasteiger partial charge on any atom is -0.394 e. The van der Waals surface area contributed by atoms with Gasteiger partial charge < -0.3 is 10.4 Å². The highest BCUT2D eigenvalue weighted by Gasteiger charge is 2.10. The summed E-state index contributed by atoms with van der Waals surface area (Å²) >= 11 is 4.94. The highest BCUT2D eigenvalue weighted by Crippen LogP contribution is 2.22. The summed E-state index contributed by atoms with van der Waals surface area (Å²) in [6, 6.07) is 13.4. The van der Waals surface area contributed by atoms with E-state index < -0.39 is 0 Å². The summed E-state index contributed by atoms with van der Waals surface area (Å²) in [4.78, 5) is 12.9. The maximum absolute atomic E-state index is 11.9. The number of rotatable bonds is 6. The zero-order valence-electron chi connectivity index (χ0n) is 11.3. The van der Waals surface area contributed by atoms with Gasteiger partial charge in [-0.05, 0) is 46.1 Å². The molecule has 5 heteroatoms. The molecule has 0 fully saturated rings. The zero-order valence-corrected chi connectivity index (χ0v) is 13.7. The summed E-state index contributed by atoms with van der Waals surface area (Å²) in [6.07, 6.45) is 3.87. The molecule has 1 aromatic carbocycles. The average Bonchev–Trinajstić information content (AvgIpc) is 2.91. The second-order valence-electron chi connectivity index (χ2n) is 4.55. The van der Waals surface area contributed by atoms with E-state index in [9.17, 15) is 9.90 Å². The first-order chi connectivity index (χ1) is 10.2. The van der Waals surface area contributed by atoms with Gasteiger partial charge in [0.15, 0.2) is 0 Å². The molecule has 1 aromatic heterocycles. The molecule has 0 saturated carbocycles. The molecule has 0 bridgehead atoms. The zero-order chi connectivity index (χ0) is 15.1. The van der Waals surface area contributed by atoms with E-state index in [2.05, 4.69) is 21.2 Å². The van der Waals surface area contributed by atoms with Crippen LogP contribution in [-0.2, 0) is 11.2 Å². The molecule has 110 valence electrons. The Labute approximate surface area is 136 Å². The van der Waals surface area contributed by atoms with Crippen molar-refractivity contribution in [2.24, 2.45) is 0 Å². The van der Waals surface area contributed by atoms with E-state index in [1.165, 1.54) is 6.08 Å². The first-order valence-corrected chi connectivity index (χ1v) is 8.17. The van der Waals surface area contributed by atoms with Crippen molar-refractivity contribution >= 4 is 39.2 Å². The van der Waals surface area contributed by atoms with Crippen LogP contribution in [0.1, 0.15) is 10.4 Å². The lowest BCUT2D eigenvalue weighted by Gasteiger charge is -2.15. The van der Waals surface area contributed by atoms with Crippen molar-refractivity contribution in [1.82, 2.24) is 5.32 Å². The van der Waals surface area contributed by atoms with E-state index in [1.54, 1.807) is 17.4 Å². The lowest BCUT2D eigenvalue weighted by molar-refractivity contribution is -0.117. The average molecular weight is 366 g/mol. The van der Waals surface area contributed by atoms with E-state index in [4.69, 9.17) is 0 Å². The lowest BCUT2D eigenvalue weighted by Crippen LogP contribution is -2.38. The predicted molar refractivity (Wildman–Crippen MR) is 90.2 cm³/mol. The monoisotopic (exact) mass is 365 g/mol. The molecule has 1 heterocycles. The Hall–Kier alpha value is -1.43. The van der Waals surface area contributed by atoms with Gasteiger partial charge in [-0.15, -0.1) is 11.3 Å². The summed E-state index contributed by atoms with van der Waals surface area (Å²) in [5, 5.41) is 12.2. The Morgan fingerprint density at radius 2 is 2.05 bits per heavy atom. The third kappa shape index (κ3) is 5.46. The van der Waals surface area contributed by atoms with Crippen molar-refractivity contribution in [3.63, 3.8) is 0 Å². The van der Waals surface area contributed by atoms with Gasteiger partial charge in [0.2, 0.25) is 5.91 Å². The van der Waals surface area contributed by atoms with Gasteiger partial charge in [0.05, 0.1) is 16.4 Å². The van der Waals surface area contributed by atoms with Crippen LogP contribution in [-0.4, -0.2) is 23.7 Å². The van der Waals surface area contributed by atoms with E-state index in [-0.39, 0.29) is 18.6 Å². The molecule has 21 heavy (non-hydrogen) atoms. The summed E-state index contributed by atoms with van der Waals surface area (Å²) in [5.74, 6) is -0.200. The van der Waals surface area contributed by atoms with E-state index in [1.807, 2.05) is 42.5 Å². The number of carbonyl (C=O) groups excluding carboxylic acids is 1. The molecule has 0 saturated heterocycles. The van der Waals surface area contributed by atoms with Crippen molar-refractivity contribution in [2.75, 3.05) is 6.61 Å². The van der Waals surface area contributed by atoms with Gasteiger partial charge in [0.1, 0.15) is 0 Å². The Kier molecular flexibility index (Phi) is 6.17. The molecule has 2 N–H and O–H groups in total. The van der Waals surface area contributed by atoms with Crippen molar-refractivity contribution in [1.29, 1.82) is 0 Å². The van der Waals surface area contributed by atoms with Gasteiger partial charge in [-0.1, -0.05) is 30.3 Å². The number of carbonyl (C=O) groups is 1. The van der Waals surface area contributed by atoms with Gasteiger partial charge in [0, 0.05) is 11.0 Å². The molecular weight excluding hydrogens is 350 g/mol. The SMILES string of the molecule is O=C(C=Cc1ccc(Br)s1)NC(CO)Cc1ccccc1. The van der Waals surface area contributed by atoms with Crippen LogP contribution in [0.2, 0.25) is 0 Å². The van der Waals surface area contributed by atoms with Crippen molar-refractivity contribution in [2.45, 2.75) is 12.5 Å². The van der Waals surface area contributed by atoms with E-state index in [0.717, 1.165) is 14.2 Å². The second-order valence-corrected chi connectivity index (χ2v) is 7.05. The highest BCUT2D eigenvalue weighted by molar-refractivity contribution is 9.11. The number of hydrogen-bond donors (Lipinski definition) is 2. The number of aliphatic hydroxyl groups excluding tert-OH is 1. The molecule has 1 atom stereocenters. The van der Waals surface area contributed by atoms with Gasteiger partial charge in [-0.25, -0.2) is 0 Å². The largest absolute Gasteiger partial charge is 0.394 e. The number of hydrogen-bond acceptors (Lipinski definition) is 3. The Balaban J connectivity index is 1.89. The molecule has 1 unspecified atom stereocenters. The number of benzene rings is 1. The van der Waals surface area contributed by atoms with Crippen LogP contribution in [0.15, 0.2) is 52.3 Å². The topological polar surface area (TPSA) is 49.3 Å². The Bertz CT molecular complexity index is 610. The van der Waals surface area contributed by atoms with Crippen LogP contribution in [0.3, 0.4) is 0 Å². The maximum Gasteiger partial charge on any atom is 0.244 e. The first kappa shape index (κ1) is 15.9. The van der Waals surface area contributed by atoms with Crippen LogP contribution in [0.25, 0.3) is 6.08 Å². The van der Waals surface area contributed by atoms with Crippen LogP contribution >= 0.6 is 27.3 Å². The molecule has 2 rings (SSSR count). The fourth-order valence-electron chi connectivity index (χ4n) is 1.88. The summed E-state index contributed by atoms with van der Waals surface area (Å²) in [6.45, 7) is -0.0843. The Morgan fingerprint density at radius 1 is 1.29 bits per heavy atom. The van der Waals surface area contributed by atoms with Crippen LogP contribution < -0.4 is 5.32 Å². The standard InChI is InChI=1S/C16H16BrNO2S/c17-15-8-6-14(21-15)7-9-16(20)18-13(11-19)10-12-4-2-1-3-5-12/h1-9,13,19H,10-11H2,(H,18,20). The predicted octanol–water partition coefficient (Wildman–Crippen LogP) is 3.24. The van der Waals surface area contributed by atoms with Gasteiger partial charge in [0.25, 0.3) is 0 Å². The van der Waals surface area contributed by atoms with Crippen molar-refractivity contribution in [3.05, 3.63) is 62.8 Å². The van der Waals surface area contributed by atoms with Gasteiger partial charge in [-0.3, -0.25) is 4.79 Å². The number of halogens is 1. The fourth-order valence-corrected chi connectivity index (χ4v) is 3.21. The minimum absolute atomic E-state index is 0.0843. The number of aliphatic hydroxyl groups is 1. The summed E-state index contributed by atoms with van der Waals surface area (Å²) in [5.41, 5.74) is 1.09. The Morgan fingerprint density at radius 3 is 2.67 bits per heavy atom. The molecular formula is C16H16BrNO2S. The smallest absolute Gasteiger partial charge is 0.244 e. The third-order valence-corrected chi connectivity index (χ3v) is 4.47. The highest BCUT2D eigenvalue weighted by atomic mass is 79.9. The molecule has 0 aliphatic rings. The molecule has 0 spiro atoms. The lowest BCUT2D eigenvalue weighted by atomic mass is 10.1. The number of thiophene rings is 1. The minimum atomic E-state index is -0.278. The van der Waals surface area contributed by atoms with Gasteiger partial charge >= 0.3 is 0 Å². The molecule has 3 nitrogen and oxygen atoms in total. The normalized spacial score (nSPS) is 12.5. The molecule has 0 aliphatic heterocycles. The molecule has 0 radical (unpaired) electrons. The van der Waals surface area contributed by atoms with E-state index >= 15 is 0 Å². The van der Waals surface area contributed by atoms with Crippen molar-refractivity contribution < 1.29 is 9.90 Å². The van der Waals surface area contributed by atoms with Crippen molar-refractivity contribution in [3.8, 4) is 0 Å². The van der Waals surface area contributed by atoms with Crippen LogP contribution in [0.5, 0.6) is 0 Å². The maximum atomic E-state index is 11.9. The second kappa shape index (κ2) is 8.12. The summed E-state index contributed by atoms with van der Waals surface area (Å²) < 4.78 is 1.03. The van der Waals surface area contributed by atoms with Crippen LogP contribution in [0, 0.1) is 0 Å². The first-order valence-electron chi connectivity index (χ1n) is 6.56. The molecule has 0 aliphatic carbocycles. The number of nitrogens with one attached hydrogen (secondary N) is 1. The third-order valence-electron chi connectivity index (χ3n) is 2.88. The van der Waals surface area contributed by atoms with Crippen LogP contribution in [0.4, 0.5) is 0 Å². The quantitative estimate of drug-likeness (QED) is 0.772.